The van der Waals surface area contributed by atoms with Crippen LogP contribution in [0.25, 0.3) is 0 Å². The standard InChI is InChI=1S/C19H21NO2/c21-18-12-17(11-15-7-3-1-4-8-15)19(22)20(14-18)13-16-9-5-2-6-10-16/h1-10,17-18,21H,11-14H2/t17-,18+/m1/s1. The largest absolute Gasteiger partial charge is 0.391 e. The molecule has 3 rings (SSSR count). The number of hydrogen-bond donors (Lipinski definition) is 1. The van der Waals surface area contributed by atoms with Gasteiger partial charge in [-0.3, -0.25) is 4.79 Å². The Kier molecular flexibility index (Phi) is 4.54. The summed E-state index contributed by atoms with van der Waals surface area (Å²) in [4.78, 5) is 14.5. The number of piperidine rings is 1. The topological polar surface area (TPSA) is 40.5 Å². The number of aliphatic hydroxyl groups is 1. The molecule has 1 aliphatic rings. The molecule has 3 nitrogen and oxygen atoms in total. The third kappa shape index (κ3) is 3.55. The second-order valence-electron chi connectivity index (χ2n) is 5.98. The minimum atomic E-state index is -0.435. The highest BCUT2D eigenvalue weighted by molar-refractivity contribution is 5.80. The molecule has 3 heteroatoms. The van der Waals surface area contributed by atoms with Crippen LogP contribution in [-0.2, 0) is 17.8 Å². The second-order valence-corrected chi connectivity index (χ2v) is 5.98. The number of aliphatic hydroxyl groups excluding tert-OH is 1. The van der Waals surface area contributed by atoms with E-state index in [0.29, 0.717) is 25.9 Å². The summed E-state index contributed by atoms with van der Waals surface area (Å²) in [5.74, 6) is 0.0212. The Hall–Kier alpha value is -2.13. The molecular weight excluding hydrogens is 274 g/mol. The molecule has 2 atom stereocenters. The summed E-state index contributed by atoms with van der Waals surface area (Å²) in [5, 5.41) is 10.1. The average molecular weight is 295 g/mol. The van der Waals surface area contributed by atoms with Crippen LogP contribution in [0.5, 0.6) is 0 Å². The van der Waals surface area contributed by atoms with E-state index in [1.807, 2.05) is 60.7 Å². The summed E-state index contributed by atoms with van der Waals surface area (Å²) < 4.78 is 0. The van der Waals surface area contributed by atoms with Crippen LogP contribution >= 0.6 is 0 Å². The number of carbonyl (C=O) groups excluding carboxylic acids is 1. The molecule has 2 aromatic carbocycles. The summed E-state index contributed by atoms with van der Waals surface area (Å²) in [6.45, 7) is 1.00. The highest BCUT2D eigenvalue weighted by atomic mass is 16.3. The molecule has 1 amide bonds. The van der Waals surface area contributed by atoms with Crippen molar-refractivity contribution < 1.29 is 9.90 Å². The maximum absolute atomic E-state index is 12.7. The quantitative estimate of drug-likeness (QED) is 0.942. The fourth-order valence-electron chi connectivity index (χ4n) is 3.12. The number of likely N-dealkylation sites (tertiary alicyclic amines) is 1. The Labute approximate surface area is 131 Å². The number of amides is 1. The van der Waals surface area contributed by atoms with E-state index >= 15 is 0 Å². The Balaban J connectivity index is 1.71. The van der Waals surface area contributed by atoms with Crippen molar-refractivity contribution in [2.75, 3.05) is 6.54 Å². The normalized spacial score (nSPS) is 21.9. The minimum absolute atomic E-state index is 0.130. The van der Waals surface area contributed by atoms with E-state index in [1.165, 1.54) is 0 Å². The smallest absolute Gasteiger partial charge is 0.226 e. The molecule has 0 radical (unpaired) electrons. The minimum Gasteiger partial charge on any atom is -0.391 e. The molecule has 0 aliphatic carbocycles. The summed E-state index contributed by atoms with van der Waals surface area (Å²) in [7, 11) is 0. The molecule has 1 N–H and O–H groups in total. The van der Waals surface area contributed by atoms with Gasteiger partial charge in [0.1, 0.15) is 0 Å². The lowest BCUT2D eigenvalue weighted by atomic mass is 9.89. The van der Waals surface area contributed by atoms with Gasteiger partial charge >= 0.3 is 0 Å². The first kappa shape index (κ1) is 14.8. The first-order valence-corrected chi connectivity index (χ1v) is 7.77. The first-order valence-electron chi connectivity index (χ1n) is 7.77. The van der Waals surface area contributed by atoms with E-state index < -0.39 is 6.10 Å². The lowest BCUT2D eigenvalue weighted by Crippen LogP contribution is -2.47. The number of benzene rings is 2. The third-order valence-electron chi connectivity index (χ3n) is 4.19. The zero-order valence-electron chi connectivity index (χ0n) is 12.6. The molecule has 0 saturated carbocycles. The van der Waals surface area contributed by atoms with Crippen LogP contribution < -0.4 is 0 Å². The molecule has 22 heavy (non-hydrogen) atoms. The molecule has 0 aromatic heterocycles. The molecule has 1 heterocycles. The van der Waals surface area contributed by atoms with E-state index in [-0.39, 0.29) is 11.8 Å². The van der Waals surface area contributed by atoms with E-state index in [9.17, 15) is 9.90 Å². The fraction of sp³-hybridized carbons (Fsp3) is 0.316. The monoisotopic (exact) mass is 295 g/mol. The molecule has 0 spiro atoms. The van der Waals surface area contributed by atoms with Crippen molar-refractivity contribution in [1.82, 2.24) is 4.90 Å². The average Bonchev–Trinajstić information content (AvgIpc) is 2.54. The van der Waals surface area contributed by atoms with Crippen LogP contribution in [0, 0.1) is 5.92 Å². The summed E-state index contributed by atoms with van der Waals surface area (Å²) in [5.41, 5.74) is 2.25. The van der Waals surface area contributed by atoms with Crippen LogP contribution in [-0.4, -0.2) is 28.6 Å². The SMILES string of the molecule is O=C1[C@H](Cc2ccccc2)C[C@H](O)CN1Cc1ccccc1. The third-order valence-corrected chi connectivity index (χ3v) is 4.19. The molecule has 0 bridgehead atoms. The van der Waals surface area contributed by atoms with Crippen molar-refractivity contribution in [3.05, 3.63) is 71.8 Å². The second kappa shape index (κ2) is 6.75. The van der Waals surface area contributed by atoms with Gasteiger partial charge in [0.2, 0.25) is 5.91 Å². The Morgan fingerprint density at radius 2 is 1.55 bits per heavy atom. The molecule has 1 aliphatic heterocycles. The number of nitrogens with zero attached hydrogens (tertiary/aromatic N) is 1. The Morgan fingerprint density at radius 3 is 2.18 bits per heavy atom. The number of rotatable bonds is 4. The van der Waals surface area contributed by atoms with Crippen LogP contribution in [0.15, 0.2) is 60.7 Å². The van der Waals surface area contributed by atoms with Gasteiger partial charge in [-0.25, -0.2) is 0 Å². The van der Waals surface area contributed by atoms with E-state index in [0.717, 1.165) is 11.1 Å². The zero-order valence-corrected chi connectivity index (χ0v) is 12.6. The van der Waals surface area contributed by atoms with Crippen molar-refractivity contribution in [1.29, 1.82) is 0 Å². The Bertz CT molecular complexity index is 558. The highest BCUT2D eigenvalue weighted by Crippen LogP contribution is 2.24. The van der Waals surface area contributed by atoms with Crippen molar-refractivity contribution in [3.8, 4) is 0 Å². The zero-order chi connectivity index (χ0) is 15.4. The maximum Gasteiger partial charge on any atom is 0.226 e. The summed E-state index contributed by atoms with van der Waals surface area (Å²) in [6, 6.07) is 20.0. The fourth-order valence-corrected chi connectivity index (χ4v) is 3.12. The van der Waals surface area contributed by atoms with Gasteiger partial charge in [0.25, 0.3) is 0 Å². The van der Waals surface area contributed by atoms with Crippen LogP contribution in [0.3, 0.4) is 0 Å². The summed E-state index contributed by atoms with van der Waals surface area (Å²) >= 11 is 0. The predicted octanol–water partition coefficient (Wildman–Crippen LogP) is 2.64. The van der Waals surface area contributed by atoms with Gasteiger partial charge in [0.05, 0.1) is 6.10 Å². The van der Waals surface area contributed by atoms with E-state index in [4.69, 9.17) is 0 Å². The van der Waals surface area contributed by atoms with Crippen molar-refractivity contribution in [2.45, 2.75) is 25.5 Å². The molecular formula is C19H21NO2. The van der Waals surface area contributed by atoms with E-state index in [2.05, 4.69) is 0 Å². The highest BCUT2D eigenvalue weighted by Gasteiger charge is 2.33. The maximum atomic E-state index is 12.7. The van der Waals surface area contributed by atoms with Crippen molar-refractivity contribution >= 4 is 5.91 Å². The number of hydrogen-bond acceptors (Lipinski definition) is 2. The number of β-amino-alcohol motifs (C(OH)–C–C–N with tert-alkyl or cyclic N) is 1. The molecule has 114 valence electrons. The van der Waals surface area contributed by atoms with Crippen LogP contribution in [0.4, 0.5) is 0 Å². The Morgan fingerprint density at radius 1 is 0.955 bits per heavy atom. The van der Waals surface area contributed by atoms with Crippen molar-refractivity contribution in [3.63, 3.8) is 0 Å². The number of carbonyl (C=O) groups is 1. The summed E-state index contributed by atoms with van der Waals surface area (Å²) in [6.07, 6.45) is 0.816. The molecule has 1 fully saturated rings. The van der Waals surface area contributed by atoms with Gasteiger partial charge < -0.3 is 10.0 Å². The first-order chi connectivity index (χ1) is 10.7. The molecule has 0 unspecified atom stereocenters. The molecule has 2 aromatic rings. The van der Waals surface area contributed by atoms with Gasteiger partial charge in [0, 0.05) is 19.0 Å². The predicted molar refractivity (Wildman–Crippen MR) is 86.1 cm³/mol. The van der Waals surface area contributed by atoms with E-state index in [1.54, 1.807) is 4.90 Å². The lowest BCUT2D eigenvalue weighted by molar-refractivity contribution is -0.143. The van der Waals surface area contributed by atoms with Gasteiger partial charge in [-0.1, -0.05) is 60.7 Å². The van der Waals surface area contributed by atoms with Gasteiger partial charge in [-0.15, -0.1) is 0 Å². The van der Waals surface area contributed by atoms with Crippen LogP contribution in [0.2, 0.25) is 0 Å². The molecule has 1 saturated heterocycles. The van der Waals surface area contributed by atoms with Gasteiger partial charge in [-0.05, 0) is 24.0 Å². The van der Waals surface area contributed by atoms with Gasteiger partial charge in [-0.2, -0.15) is 0 Å². The van der Waals surface area contributed by atoms with Gasteiger partial charge in [0.15, 0.2) is 0 Å². The van der Waals surface area contributed by atoms with Crippen molar-refractivity contribution in [2.24, 2.45) is 5.92 Å². The van der Waals surface area contributed by atoms with Crippen LogP contribution in [0.1, 0.15) is 17.5 Å². The lowest BCUT2D eigenvalue weighted by Gasteiger charge is -2.35.